The minimum atomic E-state index is -0.196. The first kappa shape index (κ1) is 18.6. The molecule has 0 aliphatic heterocycles. The van der Waals surface area contributed by atoms with E-state index in [1.807, 2.05) is 40.9 Å². The molecule has 0 spiro atoms. The normalized spacial score (nSPS) is 10.7. The predicted molar refractivity (Wildman–Crippen MR) is 103 cm³/mol. The van der Waals surface area contributed by atoms with Gasteiger partial charge < -0.3 is 10.2 Å². The Morgan fingerprint density at radius 2 is 1.89 bits per heavy atom. The highest BCUT2D eigenvalue weighted by Gasteiger charge is 2.15. The van der Waals surface area contributed by atoms with Gasteiger partial charge >= 0.3 is 0 Å². The molecule has 0 saturated heterocycles. The van der Waals surface area contributed by atoms with E-state index >= 15 is 0 Å². The molecule has 0 aliphatic carbocycles. The van der Waals surface area contributed by atoms with Gasteiger partial charge in [0.25, 0.3) is 5.91 Å². The van der Waals surface area contributed by atoms with E-state index in [9.17, 15) is 9.59 Å². The highest BCUT2D eigenvalue weighted by molar-refractivity contribution is 5.96. The Morgan fingerprint density at radius 1 is 1.11 bits per heavy atom. The second-order valence-electron chi connectivity index (χ2n) is 6.39. The molecule has 2 amide bonds. The molecule has 2 aromatic heterocycles. The van der Waals surface area contributed by atoms with Crippen LogP contribution in [0.25, 0.3) is 17.0 Å². The highest BCUT2D eigenvalue weighted by atomic mass is 16.2. The Morgan fingerprint density at radius 3 is 2.63 bits per heavy atom. The van der Waals surface area contributed by atoms with Crippen LogP contribution >= 0.6 is 0 Å². The summed E-state index contributed by atoms with van der Waals surface area (Å²) < 4.78 is 1.89. The number of aromatic nitrogens is 3. The number of fused-ring (bicyclic) bond motifs is 1. The summed E-state index contributed by atoms with van der Waals surface area (Å²) in [5.41, 5.74) is 2.16. The SMILES string of the molecule is CCCCNC(=O)CN(C)C(=O)c1ccc(-c2nnc3ccccn23)cc1. The van der Waals surface area contributed by atoms with Gasteiger partial charge in [0.05, 0.1) is 6.54 Å². The first-order valence-corrected chi connectivity index (χ1v) is 9.02. The van der Waals surface area contributed by atoms with Crippen LogP contribution in [-0.4, -0.2) is 51.4 Å². The fourth-order valence-corrected chi connectivity index (χ4v) is 2.77. The lowest BCUT2D eigenvalue weighted by Gasteiger charge is -2.17. The van der Waals surface area contributed by atoms with Gasteiger partial charge in [0.1, 0.15) is 0 Å². The molecule has 0 aliphatic rings. The minimum absolute atomic E-state index is 0.0408. The van der Waals surface area contributed by atoms with Crippen LogP contribution in [0.3, 0.4) is 0 Å². The number of hydrogen-bond donors (Lipinski definition) is 1. The lowest BCUT2D eigenvalue weighted by Crippen LogP contribution is -2.38. The lowest BCUT2D eigenvalue weighted by atomic mass is 10.1. The van der Waals surface area contributed by atoms with Crippen LogP contribution in [0.1, 0.15) is 30.1 Å². The summed E-state index contributed by atoms with van der Waals surface area (Å²) in [5.74, 6) is 0.373. The molecule has 7 heteroatoms. The number of unbranched alkanes of at least 4 members (excludes halogenated alkanes) is 1. The van der Waals surface area contributed by atoms with E-state index in [0.717, 1.165) is 24.1 Å². The fraction of sp³-hybridized carbons (Fsp3) is 0.300. The number of pyridine rings is 1. The lowest BCUT2D eigenvalue weighted by molar-refractivity contribution is -0.121. The molecule has 3 rings (SSSR count). The molecule has 3 aromatic rings. The van der Waals surface area contributed by atoms with E-state index in [1.54, 1.807) is 19.2 Å². The molecule has 0 saturated carbocycles. The third-order valence-electron chi connectivity index (χ3n) is 4.28. The van der Waals surface area contributed by atoms with Crippen molar-refractivity contribution in [2.45, 2.75) is 19.8 Å². The first-order valence-electron chi connectivity index (χ1n) is 9.02. The average molecular weight is 365 g/mol. The third-order valence-corrected chi connectivity index (χ3v) is 4.28. The molecule has 0 fully saturated rings. The van der Waals surface area contributed by atoms with Crippen molar-refractivity contribution < 1.29 is 9.59 Å². The van der Waals surface area contributed by atoms with Crippen LogP contribution < -0.4 is 5.32 Å². The number of benzene rings is 1. The van der Waals surface area contributed by atoms with Crippen LogP contribution in [0.2, 0.25) is 0 Å². The van der Waals surface area contributed by atoms with Gasteiger partial charge in [-0.15, -0.1) is 10.2 Å². The number of carbonyl (C=O) groups excluding carboxylic acids is 2. The number of nitrogens with one attached hydrogen (secondary N) is 1. The highest BCUT2D eigenvalue weighted by Crippen LogP contribution is 2.19. The molecule has 27 heavy (non-hydrogen) atoms. The Kier molecular flexibility index (Phi) is 5.80. The first-order chi connectivity index (χ1) is 13.1. The Balaban J connectivity index is 1.67. The van der Waals surface area contributed by atoms with Crippen molar-refractivity contribution in [3.05, 3.63) is 54.2 Å². The molecule has 140 valence electrons. The van der Waals surface area contributed by atoms with Gasteiger partial charge in [-0.25, -0.2) is 0 Å². The zero-order valence-corrected chi connectivity index (χ0v) is 15.6. The fourth-order valence-electron chi connectivity index (χ4n) is 2.77. The van der Waals surface area contributed by atoms with Crippen molar-refractivity contribution >= 4 is 17.5 Å². The Hall–Kier alpha value is -3.22. The zero-order chi connectivity index (χ0) is 19.2. The average Bonchev–Trinajstić information content (AvgIpc) is 3.12. The van der Waals surface area contributed by atoms with E-state index in [2.05, 4.69) is 22.4 Å². The molecule has 2 heterocycles. The molecule has 7 nitrogen and oxygen atoms in total. The molecule has 0 atom stereocenters. The predicted octanol–water partition coefficient (Wildman–Crippen LogP) is 2.38. The molecular formula is C20H23N5O2. The van der Waals surface area contributed by atoms with E-state index in [-0.39, 0.29) is 18.4 Å². The summed E-state index contributed by atoms with van der Waals surface area (Å²) in [5, 5.41) is 11.2. The van der Waals surface area contributed by atoms with Crippen molar-refractivity contribution in [3.8, 4) is 11.4 Å². The zero-order valence-electron chi connectivity index (χ0n) is 15.6. The number of carbonyl (C=O) groups is 2. The molecule has 1 N–H and O–H groups in total. The van der Waals surface area contributed by atoms with E-state index in [4.69, 9.17) is 0 Å². The number of amides is 2. The molecule has 0 bridgehead atoms. The Labute approximate surface area is 158 Å². The van der Waals surface area contributed by atoms with Crippen molar-refractivity contribution in [2.75, 3.05) is 20.1 Å². The molecule has 0 unspecified atom stereocenters. The molecular weight excluding hydrogens is 342 g/mol. The van der Waals surface area contributed by atoms with Gasteiger partial charge in [0.15, 0.2) is 11.5 Å². The second kappa shape index (κ2) is 8.44. The molecule has 0 radical (unpaired) electrons. The van der Waals surface area contributed by atoms with Crippen LogP contribution in [-0.2, 0) is 4.79 Å². The van der Waals surface area contributed by atoms with Crippen molar-refractivity contribution in [3.63, 3.8) is 0 Å². The second-order valence-corrected chi connectivity index (χ2v) is 6.39. The summed E-state index contributed by atoms with van der Waals surface area (Å²) in [6, 6.07) is 12.9. The number of nitrogens with zero attached hydrogens (tertiary/aromatic N) is 4. The minimum Gasteiger partial charge on any atom is -0.355 e. The van der Waals surface area contributed by atoms with Gasteiger partial charge in [0, 0.05) is 30.9 Å². The van der Waals surface area contributed by atoms with Crippen molar-refractivity contribution in [1.29, 1.82) is 0 Å². The summed E-state index contributed by atoms with van der Waals surface area (Å²) in [4.78, 5) is 25.8. The van der Waals surface area contributed by atoms with Crippen molar-refractivity contribution in [1.82, 2.24) is 24.8 Å². The largest absolute Gasteiger partial charge is 0.355 e. The quantitative estimate of drug-likeness (QED) is 0.652. The van der Waals surface area contributed by atoms with Crippen molar-refractivity contribution in [2.24, 2.45) is 0 Å². The van der Waals surface area contributed by atoms with Crippen LogP contribution in [0.4, 0.5) is 0 Å². The smallest absolute Gasteiger partial charge is 0.254 e. The maximum Gasteiger partial charge on any atom is 0.254 e. The summed E-state index contributed by atoms with van der Waals surface area (Å²) in [6.07, 6.45) is 3.85. The standard InChI is InChI=1S/C20H23N5O2/c1-3-4-12-21-18(26)14-24(2)20(27)16-10-8-15(9-11-16)19-23-22-17-7-5-6-13-25(17)19/h5-11,13H,3-4,12,14H2,1-2H3,(H,21,26). The maximum absolute atomic E-state index is 12.5. The Bertz CT molecular complexity index is 933. The number of rotatable bonds is 7. The van der Waals surface area contributed by atoms with E-state index < -0.39 is 0 Å². The third kappa shape index (κ3) is 4.31. The van der Waals surface area contributed by atoms with Gasteiger partial charge in [-0.2, -0.15) is 0 Å². The summed E-state index contributed by atoms with van der Waals surface area (Å²) >= 11 is 0. The monoisotopic (exact) mass is 365 g/mol. The van der Waals surface area contributed by atoms with E-state index in [1.165, 1.54) is 4.90 Å². The molecule has 1 aromatic carbocycles. The topological polar surface area (TPSA) is 79.6 Å². The van der Waals surface area contributed by atoms with Crippen LogP contribution in [0, 0.1) is 0 Å². The van der Waals surface area contributed by atoms with Gasteiger partial charge in [-0.3, -0.25) is 14.0 Å². The van der Waals surface area contributed by atoms with Gasteiger partial charge in [-0.05, 0) is 30.7 Å². The van der Waals surface area contributed by atoms with Crippen LogP contribution in [0.5, 0.6) is 0 Å². The summed E-state index contributed by atoms with van der Waals surface area (Å²) in [7, 11) is 1.63. The number of hydrogen-bond acceptors (Lipinski definition) is 4. The van der Waals surface area contributed by atoms with Gasteiger partial charge in [0.2, 0.25) is 5.91 Å². The van der Waals surface area contributed by atoms with Gasteiger partial charge in [-0.1, -0.05) is 31.5 Å². The maximum atomic E-state index is 12.5. The number of likely N-dealkylation sites (N-methyl/N-ethyl adjacent to an activating group) is 1. The van der Waals surface area contributed by atoms with E-state index in [0.29, 0.717) is 17.9 Å². The summed E-state index contributed by atoms with van der Waals surface area (Å²) in [6.45, 7) is 2.74. The van der Waals surface area contributed by atoms with Crippen LogP contribution in [0.15, 0.2) is 48.7 Å².